The van der Waals surface area contributed by atoms with E-state index >= 15 is 4.39 Å². The average Bonchev–Trinajstić information content (AvgIpc) is 3.72. The van der Waals surface area contributed by atoms with E-state index in [4.69, 9.17) is 0 Å². The Labute approximate surface area is 258 Å². The van der Waals surface area contributed by atoms with E-state index in [2.05, 4.69) is 27.8 Å². The largest absolute Gasteiger partial charge is 0.382 e. The van der Waals surface area contributed by atoms with Crippen LogP contribution in [0, 0.1) is 24.6 Å². The molecule has 3 aliphatic rings. The van der Waals surface area contributed by atoms with E-state index < -0.39 is 17.8 Å². The monoisotopic (exact) mass is 590 g/mol. The molecule has 44 heavy (non-hydrogen) atoms. The van der Waals surface area contributed by atoms with Crippen molar-refractivity contribution in [1.29, 1.82) is 0 Å². The SMILES string of the molecule is Cc1cccc(F)c1C(=O)N1C2CCCC2CC(C(=O)Nc2ccc3cccnc3c2)C1c1ccc(NC2CCCC2)cc1. The number of rotatable bonds is 6. The molecule has 7 heteroatoms. The Bertz CT molecular complexity index is 1660. The molecule has 1 aromatic heterocycles. The van der Waals surface area contributed by atoms with Crippen molar-refractivity contribution in [3.63, 3.8) is 0 Å². The number of hydrogen-bond donors (Lipinski definition) is 2. The van der Waals surface area contributed by atoms with Crippen LogP contribution < -0.4 is 10.6 Å². The van der Waals surface area contributed by atoms with Crippen molar-refractivity contribution in [1.82, 2.24) is 9.88 Å². The Morgan fingerprint density at radius 3 is 2.48 bits per heavy atom. The molecule has 226 valence electrons. The summed E-state index contributed by atoms with van der Waals surface area (Å²) in [4.78, 5) is 35.1. The summed E-state index contributed by atoms with van der Waals surface area (Å²) in [6, 6.07) is 22.5. The summed E-state index contributed by atoms with van der Waals surface area (Å²) in [5.41, 5.74) is 4.13. The summed E-state index contributed by atoms with van der Waals surface area (Å²) in [5, 5.41) is 7.81. The number of carbonyl (C=O) groups excluding carboxylic acids is 2. The first-order chi connectivity index (χ1) is 21.5. The van der Waals surface area contributed by atoms with Gasteiger partial charge in [0.15, 0.2) is 0 Å². The number of likely N-dealkylation sites (tertiary alicyclic amines) is 1. The van der Waals surface area contributed by atoms with E-state index in [1.54, 1.807) is 25.3 Å². The van der Waals surface area contributed by atoms with Crippen molar-refractivity contribution >= 4 is 34.1 Å². The van der Waals surface area contributed by atoms with Gasteiger partial charge in [0, 0.05) is 35.0 Å². The van der Waals surface area contributed by atoms with Gasteiger partial charge in [-0.25, -0.2) is 4.39 Å². The number of anilines is 2. The van der Waals surface area contributed by atoms with Crippen LogP contribution in [-0.4, -0.2) is 33.8 Å². The zero-order chi connectivity index (χ0) is 30.2. The summed E-state index contributed by atoms with van der Waals surface area (Å²) in [6.45, 7) is 1.78. The summed E-state index contributed by atoms with van der Waals surface area (Å²) in [7, 11) is 0. The number of benzene rings is 3. The Morgan fingerprint density at radius 2 is 1.68 bits per heavy atom. The lowest BCUT2D eigenvalue weighted by atomic mass is 9.76. The third kappa shape index (κ3) is 5.44. The zero-order valence-electron chi connectivity index (χ0n) is 25.1. The Hall–Kier alpha value is -4.26. The highest BCUT2D eigenvalue weighted by molar-refractivity contribution is 5.99. The van der Waals surface area contributed by atoms with Crippen molar-refractivity contribution in [2.24, 2.45) is 11.8 Å². The molecule has 4 aromatic rings. The number of nitrogens with zero attached hydrogens (tertiary/aromatic N) is 2. The minimum absolute atomic E-state index is 0.0447. The predicted octanol–water partition coefficient (Wildman–Crippen LogP) is 8.05. The maximum absolute atomic E-state index is 15.3. The molecular formula is C37H39FN4O2. The molecule has 1 aliphatic heterocycles. The molecule has 2 amide bonds. The Kier molecular flexibility index (Phi) is 7.79. The highest BCUT2D eigenvalue weighted by Gasteiger charge is 2.50. The normalized spacial score (nSPS) is 23.5. The fourth-order valence-electron chi connectivity index (χ4n) is 7.93. The number of pyridine rings is 1. The maximum atomic E-state index is 15.3. The number of halogens is 1. The van der Waals surface area contributed by atoms with Crippen LogP contribution in [0.2, 0.25) is 0 Å². The van der Waals surface area contributed by atoms with Gasteiger partial charge >= 0.3 is 0 Å². The van der Waals surface area contributed by atoms with Gasteiger partial charge in [-0.15, -0.1) is 0 Å². The van der Waals surface area contributed by atoms with Crippen LogP contribution in [-0.2, 0) is 4.79 Å². The van der Waals surface area contributed by atoms with Crippen LogP contribution in [0.4, 0.5) is 15.8 Å². The molecule has 1 saturated heterocycles. The number of carbonyl (C=O) groups is 2. The number of hydrogen-bond acceptors (Lipinski definition) is 4. The molecule has 4 atom stereocenters. The summed E-state index contributed by atoms with van der Waals surface area (Å²) < 4.78 is 15.3. The quantitative estimate of drug-likeness (QED) is 0.238. The minimum Gasteiger partial charge on any atom is -0.382 e. The van der Waals surface area contributed by atoms with Gasteiger partial charge < -0.3 is 15.5 Å². The summed E-state index contributed by atoms with van der Waals surface area (Å²) in [5.74, 6) is -1.30. The molecule has 3 aromatic carbocycles. The number of nitrogens with one attached hydrogen (secondary N) is 2. The van der Waals surface area contributed by atoms with Crippen LogP contribution in [0.25, 0.3) is 10.9 Å². The Balaban J connectivity index is 1.27. The lowest BCUT2D eigenvalue weighted by Gasteiger charge is -2.48. The number of fused-ring (bicyclic) bond motifs is 2. The van der Waals surface area contributed by atoms with Gasteiger partial charge in [-0.3, -0.25) is 14.6 Å². The second-order valence-corrected chi connectivity index (χ2v) is 12.8. The van der Waals surface area contributed by atoms with E-state index in [0.29, 0.717) is 23.7 Å². The van der Waals surface area contributed by atoms with Crippen molar-refractivity contribution in [2.75, 3.05) is 10.6 Å². The molecule has 2 saturated carbocycles. The van der Waals surface area contributed by atoms with Crippen molar-refractivity contribution < 1.29 is 14.0 Å². The number of aryl methyl sites for hydroxylation is 1. The topological polar surface area (TPSA) is 74.3 Å². The number of piperidine rings is 1. The van der Waals surface area contributed by atoms with E-state index in [1.165, 1.54) is 31.7 Å². The van der Waals surface area contributed by atoms with Gasteiger partial charge in [0.05, 0.1) is 23.0 Å². The highest BCUT2D eigenvalue weighted by Crippen LogP contribution is 2.49. The first-order valence-corrected chi connectivity index (χ1v) is 16.1. The van der Waals surface area contributed by atoms with Gasteiger partial charge in [-0.1, -0.05) is 55.7 Å². The van der Waals surface area contributed by atoms with Gasteiger partial charge in [-0.05, 0) is 92.5 Å². The number of aromatic nitrogens is 1. The van der Waals surface area contributed by atoms with E-state index in [1.807, 2.05) is 47.4 Å². The zero-order valence-corrected chi connectivity index (χ0v) is 25.1. The molecule has 2 N–H and O–H groups in total. The highest BCUT2D eigenvalue weighted by atomic mass is 19.1. The van der Waals surface area contributed by atoms with Crippen LogP contribution in [0.5, 0.6) is 0 Å². The van der Waals surface area contributed by atoms with Crippen molar-refractivity contribution in [2.45, 2.75) is 76.4 Å². The lowest BCUT2D eigenvalue weighted by molar-refractivity contribution is -0.125. The summed E-state index contributed by atoms with van der Waals surface area (Å²) in [6.07, 6.45) is 10.0. The number of amides is 2. The third-order valence-corrected chi connectivity index (χ3v) is 10.1. The average molecular weight is 591 g/mol. The molecule has 2 heterocycles. The molecule has 0 spiro atoms. The predicted molar refractivity (Wildman–Crippen MR) is 172 cm³/mol. The van der Waals surface area contributed by atoms with Gasteiger partial charge in [0.25, 0.3) is 5.91 Å². The first kappa shape index (κ1) is 28.5. The van der Waals surface area contributed by atoms with Crippen LogP contribution in [0.15, 0.2) is 79.0 Å². The fourth-order valence-corrected chi connectivity index (χ4v) is 7.93. The van der Waals surface area contributed by atoms with Crippen LogP contribution >= 0.6 is 0 Å². The maximum Gasteiger partial charge on any atom is 0.257 e. The smallest absolute Gasteiger partial charge is 0.257 e. The van der Waals surface area contributed by atoms with Gasteiger partial charge in [0.1, 0.15) is 5.82 Å². The molecule has 0 radical (unpaired) electrons. The molecule has 2 aliphatic carbocycles. The third-order valence-electron chi connectivity index (χ3n) is 10.1. The van der Waals surface area contributed by atoms with Gasteiger partial charge in [0.2, 0.25) is 5.91 Å². The van der Waals surface area contributed by atoms with Crippen molar-refractivity contribution in [3.8, 4) is 0 Å². The van der Waals surface area contributed by atoms with E-state index in [0.717, 1.165) is 41.4 Å². The van der Waals surface area contributed by atoms with Crippen LogP contribution in [0.3, 0.4) is 0 Å². The summed E-state index contributed by atoms with van der Waals surface area (Å²) >= 11 is 0. The molecule has 0 bridgehead atoms. The van der Waals surface area contributed by atoms with E-state index in [-0.39, 0.29) is 29.3 Å². The van der Waals surface area contributed by atoms with Crippen molar-refractivity contribution in [3.05, 3.63) is 102 Å². The molecule has 4 unspecified atom stereocenters. The second kappa shape index (κ2) is 12.0. The van der Waals surface area contributed by atoms with Crippen LogP contribution in [0.1, 0.15) is 78.9 Å². The fraction of sp³-hybridized carbons (Fsp3) is 0.378. The second-order valence-electron chi connectivity index (χ2n) is 12.8. The molecule has 7 rings (SSSR count). The van der Waals surface area contributed by atoms with E-state index in [9.17, 15) is 9.59 Å². The minimum atomic E-state index is -0.528. The lowest BCUT2D eigenvalue weighted by Crippen LogP contribution is -2.54. The molecule has 6 nitrogen and oxygen atoms in total. The first-order valence-electron chi connectivity index (χ1n) is 16.1. The molecule has 3 fully saturated rings. The van der Waals surface area contributed by atoms with Gasteiger partial charge in [-0.2, -0.15) is 0 Å². The standard InChI is InChI=1S/C37H39FN4O2/c1-23-7-4-12-31(38)34(23)37(44)42-33-13-5-8-26(33)21-30(36(43)41-29-19-14-24-9-6-20-39-32(24)22-29)35(42)25-15-17-28(18-16-25)40-27-10-2-3-11-27/h4,6-7,9,12,14-20,22,26-27,30,33,35,40H,2-3,5,8,10-11,13,21H2,1H3,(H,41,43). The Morgan fingerprint density at radius 1 is 0.886 bits per heavy atom. The molecular weight excluding hydrogens is 551 g/mol.